The average molecular weight is 166 g/mol. The van der Waals surface area contributed by atoms with E-state index in [0.717, 1.165) is 0 Å². The van der Waals surface area contributed by atoms with Gasteiger partial charge in [0.05, 0.1) is 0 Å². The summed E-state index contributed by atoms with van der Waals surface area (Å²) < 4.78 is 0. The van der Waals surface area contributed by atoms with E-state index in [-0.39, 0.29) is 0 Å². The van der Waals surface area contributed by atoms with Crippen molar-refractivity contribution in [2.24, 2.45) is 0 Å². The lowest BCUT2D eigenvalue weighted by molar-refractivity contribution is 0.712. The van der Waals surface area contributed by atoms with Crippen molar-refractivity contribution in [2.75, 3.05) is 0 Å². The molecule has 0 fully saturated rings. The number of thiophene rings is 1. The van der Waals surface area contributed by atoms with Gasteiger partial charge in [0.2, 0.25) is 0 Å². The molecule has 0 nitrogen and oxygen atoms in total. The van der Waals surface area contributed by atoms with Crippen molar-refractivity contribution in [3.8, 4) is 0 Å². The van der Waals surface area contributed by atoms with E-state index >= 15 is 0 Å². The van der Waals surface area contributed by atoms with Crippen molar-refractivity contribution in [1.29, 1.82) is 0 Å². The summed E-state index contributed by atoms with van der Waals surface area (Å²) in [5.74, 6) is 0. The van der Waals surface area contributed by atoms with Crippen LogP contribution in [0.15, 0.2) is 5.38 Å². The third kappa shape index (κ3) is 1.34. The van der Waals surface area contributed by atoms with Gasteiger partial charge in [-0.25, -0.2) is 0 Å². The van der Waals surface area contributed by atoms with Crippen molar-refractivity contribution >= 4 is 11.3 Å². The minimum atomic E-state index is 1.34. The van der Waals surface area contributed by atoms with Crippen LogP contribution in [0.3, 0.4) is 0 Å². The Kier molecular flexibility index (Phi) is 1.99. The molecule has 11 heavy (non-hydrogen) atoms. The maximum atomic E-state index is 2.32. The summed E-state index contributed by atoms with van der Waals surface area (Å²) >= 11 is 1.97. The normalized spacial score (nSPS) is 17.5. The van der Waals surface area contributed by atoms with Crippen molar-refractivity contribution in [1.82, 2.24) is 0 Å². The molecule has 0 saturated carbocycles. The molecule has 60 valence electrons. The van der Waals surface area contributed by atoms with Crippen LogP contribution in [-0.2, 0) is 12.8 Å². The predicted octanol–water partition coefficient (Wildman–Crippen LogP) is 3.33. The quantitative estimate of drug-likeness (QED) is 0.519. The van der Waals surface area contributed by atoms with Gasteiger partial charge in [0.15, 0.2) is 0 Å². The Labute approximate surface area is 72.3 Å². The number of aryl methyl sites for hydroxylation is 2. The Morgan fingerprint density at radius 2 is 2.00 bits per heavy atom. The molecule has 0 atom stereocenters. The Bertz CT molecular complexity index is 247. The highest BCUT2D eigenvalue weighted by molar-refractivity contribution is 7.10. The number of rotatable bonds is 0. The van der Waals surface area contributed by atoms with Gasteiger partial charge in [-0.2, -0.15) is 0 Å². The minimum absolute atomic E-state index is 1.34. The molecule has 0 amide bonds. The predicted molar refractivity (Wildman–Crippen MR) is 50.3 cm³/mol. The lowest BCUT2D eigenvalue weighted by Gasteiger charge is -1.97. The largest absolute Gasteiger partial charge is 0.148 e. The van der Waals surface area contributed by atoms with Gasteiger partial charge >= 0.3 is 0 Å². The fourth-order valence-electron chi connectivity index (χ4n) is 1.83. The lowest BCUT2D eigenvalue weighted by Crippen LogP contribution is -1.85. The SMILES string of the molecule is Cc1csc2c1CCCCC2. The molecule has 1 heterocycles. The van der Waals surface area contributed by atoms with E-state index in [1.54, 1.807) is 10.4 Å². The Hall–Kier alpha value is -0.300. The van der Waals surface area contributed by atoms with E-state index in [1.165, 1.54) is 37.7 Å². The molecule has 0 N–H and O–H groups in total. The van der Waals surface area contributed by atoms with Gasteiger partial charge in [0.25, 0.3) is 0 Å². The summed E-state index contributed by atoms with van der Waals surface area (Å²) in [5, 5.41) is 2.32. The topological polar surface area (TPSA) is 0 Å². The van der Waals surface area contributed by atoms with Gasteiger partial charge < -0.3 is 0 Å². The molecule has 1 aliphatic carbocycles. The van der Waals surface area contributed by atoms with Crippen LogP contribution >= 0.6 is 11.3 Å². The molecule has 1 heteroatoms. The zero-order valence-electron chi connectivity index (χ0n) is 7.02. The zero-order chi connectivity index (χ0) is 7.68. The lowest BCUT2D eigenvalue weighted by atomic mass is 10.1. The van der Waals surface area contributed by atoms with Crippen LogP contribution in [-0.4, -0.2) is 0 Å². The molecular formula is C10H14S. The maximum Gasteiger partial charge on any atom is 0.00799 e. The zero-order valence-corrected chi connectivity index (χ0v) is 7.84. The van der Waals surface area contributed by atoms with Crippen molar-refractivity contribution in [3.05, 3.63) is 21.4 Å². The molecule has 0 radical (unpaired) electrons. The van der Waals surface area contributed by atoms with Gasteiger partial charge in [-0.15, -0.1) is 11.3 Å². The molecule has 0 aromatic carbocycles. The first-order valence-electron chi connectivity index (χ1n) is 4.44. The molecule has 0 unspecified atom stereocenters. The van der Waals surface area contributed by atoms with Gasteiger partial charge in [0.1, 0.15) is 0 Å². The van der Waals surface area contributed by atoms with E-state index in [1.807, 2.05) is 11.3 Å². The number of hydrogen-bond donors (Lipinski definition) is 0. The fraction of sp³-hybridized carbons (Fsp3) is 0.600. The Morgan fingerprint density at radius 3 is 2.91 bits per heavy atom. The van der Waals surface area contributed by atoms with Gasteiger partial charge in [-0.3, -0.25) is 0 Å². The van der Waals surface area contributed by atoms with Gasteiger partial charge in [-0.05, 0) is 49.1 Å². The average Bonchev–Trinajstić information content (AvgIpc) is 2.25. The van der Waals surface area contributed by atoms with Crippen LogP contribution in [0.1, 0.15) is 35.3 Å². The first kappa shape index (κ1) is 7.35. The first-order chi connectivity index (χ1) is 5.38. The van der Waals surface area contributed by atoms with E-state index < -0.39 is 0 Å². The van der Waals surface area contributed by atoms with Crippen molar-refractivity contribution in [3.63, 3.8) is 0 Å². The van der Waals surface area contributed by atoms with Crippen LogP contribution < -0.4 is 0 Å². The standard InChI is InChI=1S/C10H14S/c1-8-7-11-10-6-4-2-3-5-9(8)10/h7H,2-6H2,1H3. The van der Waals surface area contributed by atoms with Crippen molar-refractivity contribution in [2.45, 2.75) is 39.0 Å². The highest BCUT2D eigenvalue weighted by Crippen LogP contribution is 2.28. The van der Waals surface area contributed by atoms with E-state index in [0.29, 0.717) is 0 Å². The van der Waals surface area contributed by atoms with Gasteiger partial charge in [-0.1, -0.05) is 6.42 Å². The molecule has 1 aliphatic rings. The summed E-state index contributed by atoms with van der Waals surface area (Å²) in [6.07, 6.45) is 6.93. The molecule has 2 rings (SSSR count). The van der Waals surface area contributed by atoms with Crippen LogP contribution in [0.5, 0.6) is 0 Å². The summed E-state index contributed by atoms with van der Waals surface area (Å²) in [6, 6.07) is 0. The number of hydrogen-bond acceptors (Lipinski definition) is 1. The molecule has 0 bridgehead atoms. The minimum Gasteiger partial charge on any atom is -0.148 e. The smallest absolute Gasteiger partial charge is 0.00799 e. The second-order valence-electron chi connectivity index (χ2n) is 3.38. The Morgan fingerprint density at radius 1 is 1.18 bits per heavy atom. The number of fused-ring (bicyclic) bond motifs is 1. The second-order valence-corrected chi connectivity index (χ2v) is 4.35. The molecule has 0 saturated heterocycles. The Balaban J connectivity index is 2.35. The summed E-state index contributed by atoms with van der Waals surface area (Å²) in [6.45, 7) is 2.25. The van der Waals surface area contributed by atoms with Crippen LogP contribution in [0.4, 0.5) is 0 Å². The third-order valence-corrected chi connectivity index (χ3v) is 3.73. The fourth-order valence-corrected chi connectivity index (χ4v) is 2.96. The van der Waals surface area contributed by atoms with E-state index in [2.05, 4.69) is 12.3 Å². The van der Waals surface area contributed by atoms with Crippen molar-refractivity contribution < 1.29 is 0 Å². The molecule has 0 spiro atoms. The maximum absolute atomic E-state index is 2.32. The first-order valence-corrected chi connectivity index (χ1v) is 5.32. The van der Waals surface area contributed by atoms with Crippen LogP contribution in [0, 0.1) is 6.92 Å². The third-order valence-electron chi connectivity index (χ3n) is 2.52. The second kappa shape index (κ2) is 2.98. The molecule has 1 aromatic heterocycles. The summed E-state index contributed by atoms with van der Waals surface area (Å²) in [7, 11) is 0. The molecule has 0 aliphatic heterocycles. The highest BCUT2D eigenvalue weighted by atomic mass is 32.1. The monoisotopic (exact) mass is 166 g/mol. The van der Waals surface area contributed by atoms with Crippen LogP contribution in [0.2, 0.25) is 0 Å². The summed E-state index contributed by atoms with van der Waals surface area (Å²) in [5.41, 5.74) is 3.21. The van der Waals surface area contributed by atoms with Crippen LogP contribution in [0.25, 0.3) is 0 Å². The van der Waals surface area contributed by atoms with E-state index in [4.69, 9.17) is 0 Å². The van der Waals surface area contributed by atoms with Gasteiger partial charge in [0, 0.05) is 4.88 Å². The highest BCUT2D eigenvalue weighted by Gasteiger charge is 2.10. The summed E-state index contributed by atoms with van der Waals surface area (Å²) in [4.78, 5) is 1.67. The van der Waals surface area contributed by atoms with E-state index in [9.17, 15) is 0 Å². The molecular weight excluding hydrogens is 152 g/mol. The molecule has 1 aromatic rings.